The standard InChI is InChI=1S/C18H19N5OS/c25-18(23-10-3-5-15(23)13-4-1-8-19-12-13)22-21-14-7-11-24-16-6-2-9-20-17(14)16/h1-2,4,6,8-9,12,15H,3,5,7,10-11H2,(H,22,25)/b21-14-. The first-order valence-electron chi connectivity index (χ1n) is 8.44. The van der Waals surface area contributed by atoms with Crippen molar-refractivity contribution in [1.82, 2.24) is 20.3 Å². The fourth-order valence-corrected chi connectivity index (χ4v) is 3.58. The van der Waals surface area contributed by atoms with Gasteiger partial charge in [-0.3, -0.25) is 15.4 Å². The van der Waals surface area contributed by atoms with E-state index in [-0.39, 0.29) is 6.04 Å². The number of nitrogens with one attached hydrogen (secondary N) is 1. The van der Waals surface area contributed by atoms with Crippen molar-refractivity contribution >= 4 is 23.0 Å². The largest absolute Gasteiger partial charge is 0.491 e. The van der Waals surface area contributed by atoms with Gasteiger partial charge in [-0.25, -0.2) is 0 Å². The van der Waals surface area contributed by atoms with Crippen LogP contribution in [0, 0.1) is 0 Å². The Hall–Kier alpha value is -2.54. The molecule has 2 aliphatic heterocycles. The lowest BCUT2D eigenvalue weighted by molar-refractivity contribution is 0.318. The van der Waals surface area contributed by atoms with E-state index in [1.165, 1.54) is 5.56 Å². The summed E-state index contributed by atoms with van der Waals surface area (Å²) in [4.78, 5) is 10.8. The zero-order valence-electron chi connectivity index (χ0n) is 13.8. The number of nitrogens with zero attached hydrogens (tertiary/aromatic N) is 4. The summed E-state index contributed by atoms with van der Waals surface area (Å²) in [7, 11) is 0. The Morgan fingerprint density at radius 2 is 2.24 bits per heavy atom. The Morgan fingerprint density at radius 3 is 3.12 bits per heavy atom. The third-order valence-corrected chi connectivity index (χ3v) is 4.84. The summed E-state index contributed by atoms with van der Waals surface area (Å²) in [6.07, 6.45) is 8.35. The van der Waals surface area contributed by atoms with Gasteiger partial charge in [-0.05, 0) is 48.8 Å². The van der Waals surface area contributed by atoms with Crippen LogP contribution in [0.5, 0.6) is 5.75 Å². The minimum Gasteiger partial charge on any atom is -0.491 e. The van der Waals surface area contributed by atoms with Gasteiger partial charge < -0.3 is 9.64 Å². The van der Waals surface area contributed by atoms with E-state index >= 15 is 0 Å². The topological polar surface area (TPSA) is 62.6 Å². The molecule has 1 unspecified atom stereocenters. The van der Waals surface area contributed by atoms with Gasteiger partial charge in [-0.2, -0.15) is 5.10 Å². The Morgan fingerprint density at radius 1 is 1.32 bits per heavy atom. The molecule has 1 saturated heterocycles. The van der Waals surface area contributed by atoms with E-state index in [1.807, 2.05) is 24.4 Å². The van der Waals surface area contributed by atoms with E-state index in [4.69, 9.17) is 17.0 Å². The number of likely N-dealkylation sites (tertiary alicyclic amines) is 1. The monoisotopic (exact) mass is 353 g/mol. The SMILES string of the molecule is S=C(N/N=C1/CCOc2cccnc21)N1CCCC1c1cccnc1. The van der Waals surface area contributed by atoms with E-state index in [2.05, 4.69) is 31.5 Å². The van der Waals surface area contributed by atoms with Crippen molar-refractivity contribution in [2.45, 2.75) is 25.3 Å². The van der Waals surface area contributed by atoms with Crippen LogP contribution in [0.2, 0.25) is 0 Å². The minimum absolute atomic E-state index is 0.258. The zero-order valence-corrected chi connectivity index (χ0v) is 14.6. The molecule has 4 rings (SSSR count). The highest BCUT2D eigenvalue weighted by molar-refractivity contribution is 7.80. The van der Waals surface area contributed by atoms with Gasteiger partial charge in [0.1, 0.15) is 11.4 Å². The van der Waals surface area contributed by atoms with Gasteiger partial charge in [-0.1, -0.05) is 6.07 Å². The number of fused-ring (bicyclic) bond motifs is 1. The number of thiocarbonyl (C=S) groups is 1. The Bertz CT molecular complexity index is 795. The van der Waals surface area contributed by atoms with Gasteiger partial charge >= 0.3 is 0 Å². The Labute approximate surface area is 151 Å². The summed E-state index contributed by atoms with van der Waals surface area (Å²) in [5, 5.41) is 5.16. The minimum atomic E-state index is 0.258. The maximum atomic E-state index is 5.61. The van der Waals surface area contributed by atoms with E-state index in [1.54, 1.807) is 12.4 Å². The molecule has 4 heterocycles. The molecule has 0 aliphatic carbocycles. The van der Waals surface area contributed by atoms with Crippen LogP contribution in [-0.2, 0) is 0 Å². The van der Waals surface area contributed by atoms with Gasteiger partial charge in [0.05, 0.1) is 18.4 Å². The molecule has 0 spiro atoms. The molecule has 1 fully saturated rings. The van der Waals surface area contributed by atoms with Crippen LogP contribution in [0.1, 0.15) is 36.6 Å². The Kier molecular flexibility index (Phi) is 4.56. The summed E-state index contributed by atoms with van der Waals surface area (Å²) < 4.78 is 5.61. The van der Waals surface area contributed by atoms with Crippen LogP contribution in [0.3, 0.4) is 0 Å². The van der Waals surface area contributed by atoms with Crippen LogP contribution in [0.25, 0.3) is 0 Å². The van der Waals surface area contributed by atoms with Crippen molar-refractivity contribution in [2.24, 2.45) is 5.10 Å². The second-order valence-electron chi connectivity index (χ2n) is 6.06. The van der Waals surface area contributed by atoms with Crippen LogP contribution in [-0.4, -0.2) is 38.8 Å². The average Bonchev–Trinajstić information content (AvgIpc) is 3.17. The van der Waals surface area contributed by atoms with Crippen molar-refractivity contribution in [3.05, 3.63) is 54.1 Å². The third-order valence-electron chi connectivity index (χ3n) is 4.51. The van der Waals surface area contributed by atoms with Crippen LogP contribution in [0.4, 0.5) is 0 Å². The third kappa shape index (κ3) is 3.32. The second-order valence-corrected chi connectivity index (χ2v) is 6.45. The predicted octanol–water partition coefficient (Wildman–Crippen LogP) is 2.67. The number of hydrogen-bond donors (Lipinski definition) is 1. The van der Waals surface area contributed by atoms with Crippen molar-refractivity contribution < 1.29 is 4.74 Å². The van der Waals surface area contributed by atoms with Crippen LogP contribution in [0.15, 0.2) is 48.0 Å². The number of hydrogen-bond acceptors (Lipinski definition) is 5. The molecule has 2 aliphatic rings. The van der Waals surface area contributed by atoms with Gasteiger partial charge in [-0.15, -0.1) is 0 Å². The lowest BCUT2D eigenvalue weighted by atomic mass is 10.1. The van der Waals surface area contributed by atoms with E-state index in [0.717, 1.165) is 36.5 Å². The van der Waals surface area contributed by atoms with Gasteiger partial charge in [0.15, 0.2) is 5.11 Å². The number of hydrazone groups is 1. The molecule has 2 aromatic heterocycles. The molecule has 6 nitrogen and oxygen atoms in total. The fourth-order valence-electron chi connectivity index (χ4n) is 3.32. The molecule has 0 aromatic carbocycles. The first-order chi connectivity index (χ1) is 12.3. The van der Waals surface area contributed by atoms with Crippen LogP contribution < -0.4 is 10.2 Å². The Balaban J connectivity index is 1.49. The molecule has 1 atom stereocenters. The average molecular weight is 353 g/mol. The van der Waals surface area contributed by atoms with Gasteiger partial charge in [0.25, 0.3) is 0 Å². The van der Waals surface area contributed by atoms with Crippen molar-refractivity contribution in [1.29, 1.82) is 0 Å². The highest BCUT2D eigenvalue weighted by Crippen LogP contribution is 2.31. The van der Waals surface area contributed by atoms with Crippen molar-refractivity contribution in [3.63, 3.8) is 0 Å². The molecule has 25 heavy (non-hydrogen) atoms. The van der Waals surface area contributed by atoms with Gasteiger partial charge in [0, 0.05) is 31.6 Å². The maximum Gasteiger partial charge on any atom is 0.190 e. The highest BCUT2D eigenvalue weighted by Gasteiger charge is 2.28. The quantitative estimate of drug-likeness (QED) is 0.662. The lowest BCUT2D eigenvalue weighted by Gasteiger charge is -2.27. The number of pyridine rings is 2. The molecule has 7 heteroatoms. The zero-order chi connectivity index (χ0) is 17.1. The lowest BCUT2D eigenvalue weighted by Crippen LogP contribution is -2.37. The second kappa shape index (κ2) is 7.14. The highest BCUT2D eigenvalue weighted by atomic mass is 32.1. The molecule has 0 amide bonds. The molecule has 1 N–H and O–H groups in total. The molecule has 0 bridgehead atoms. The molecule has 0 saturated carbocycles. The fraction of sp³-hybridized carbons (Fsp3) is 0.333. The summed E-state index contributed by atoms with van der Waals surface area (Å²) >= 11 is 5.59. The van der Waals surface area contributed by atoms with E-state index in [9.17, 15) is 0 Å². The molecule has 128 valence electrons. The van der Waals surface area contributed by atoms with E-state index < -0.39 is 0 Å². The van der Waals surface area contributed by atoms with E-state index in [0.29, 0.717) is 18.1 Å². The number of ether oxygens (including phenoxy) is 1. The first-order valence-corrected chi connectivity index (χ1v) is 8.85. The number of aromatic nitrogens is 2. The maximum absolute atomic E-state index is 5.61. The van der Waals surface area contributed by atoms with Gasteiger partial charge in [0.2, 0.25) is 0 Å². The summed E-state index contributed by atoms with van der Waals surface area (Å²) in [5.41, 5.74) is 5.92. The summed E-state index contributed by atoms with van der Waals surface area (Å²) in [5.74, 6) is 0.773. The smallest absolute Gasteiger partial charge is 0.190 e. The molecular weight excluding hydrogens is 334 g/mol. The van der Waals surface area contributed by atoms with Crippen molar-refractivity contribution in [2.75, 3.05) is 13.2 Å². The van der Waals surface area contributed by atoms with Crippen molar-refractivity contribution in [3.8, 4) is 5.75 Å². The van der Waals surface area contributed by atoms with Crippen LogP contribution >= 0.6 is 12.2 Å². The molecule has 2 aromatic rings. The summed E-state index contributed by atoms with van der Waals surface area (Å²) in [6, 6.07) is 8.10. The first kappa shape index (κ1) is 16.0. The molecular formula is C18H19N5OS. The number of rotatable bonds is 2. The summed E-state index contributed by atoms with van der Waals surface area (Å²) in [6.45, 7) is 1.53. The molecule has 0 radical (unpaired) electrons. The predicted molar refractivity (Wildman–Crippen MR) is 99.5 cm³/mol. The normalized spacial score (nSPS) is 20.9.